The molecule has 0 aliphatic carbocycles. The molecule has 0 aliphatic rings. The van der Waals surface area contributed by atoms with Crippen LogP contribution in [0.1, 0.15) is 119 Å². The minimum atomic E-state index is -0.866. The average molecular weight is 609 g/mol. The van der Waals surface area contributed by atoms with Gasteiger partial charge in [0.25, 0.3) is 0 Å². The average Bonchev–Trinajstić information content (AvgIpc) is 3.01. The van der Waals surface area contributed by atoms with Gasteiger partial charge in [0.05, 0.1) is 23.8 Å². The predicted octanol–water partition coefficient (Wildman–Crippen LogP) is 10.5. The Morgan fingerprint density at radius 2 is 1.32 bits per heavy atom. The van der Waals surface area contributed by atoms with E-state index in [1.54, 1.807) is 31.2 Å². The van der Waals surface area contributed by atoms with E-state index in [1.807, 2.05) is 0 Å². The molecule has 3 aromatic carbocycles. The molecule has 0 aromatic heterocycles. The zero-order valence-electron chi connectivity index (χ0n) is 26.3. The van der Waals surface area contributed by atoms with Crippen LogP contribution >= 0.6 is 0 Å². The molecule has 3 aromatic rings. The van der Waals surface area contributed by atoms with Crippen molar-refractivity contribution in [1.82, 2.24) is 0 Å². The molecule has 3 rings (SSSR count). The van der Waals surface area contributed by atoms with Crippen molar-refractivity contribution < 1.29 is 32.6 Å². The van der Waals surface area contributed by atoms with Gasteiger partial charge in [-0.15, -0.1) is 0 Å². The number of carbonyl (C=O) groups excluding carboxylic acids is 2. The Labute approximate surface area is 260 Å². The van der Waals surface area contributed by atoms with Gasteiger partial charge in [-0.25, -0.2) is 18.4 Å². The van der Waals surface area contributed by atoms with E-state index in [2.05, 4.69) is 13.8 Å². The smallest absolute Gasteiger partial charge is 0.343 e. The zero-order valence-corrected chi connectivity index (χ0v) is 26.3. The highest BCUT2D eigenvalue weighted by atomic mass is 19.1. The van der Waals surface area contributed by atoms with Crippen LogP contribution in [0, 0.1) is 11.6 Å². The summed E-state index contributed by atoms with van der Waals surface area (Å²) in [6, 6.07) is 14.7. The predicted molar refractivity (Wildman–Crippen MR) is 170 cm³/mol. The van der Waals surface area contributed by atoms with Gasteiger partial charge in [0.2, 0.25) is 0 Å². The molecule has 0 fully saturated rings. The Balaban J connectivity index is 1.51. The Hall–Kier alpha value is -3.74. The molecule has 5 nitrogen and oxygen atoms in total. The van der Waals surface area contributed by atoms with Crippen LogP contribution in [0.5, 0.6) is 11.5 Å². The minimum Gasteiger partial charge on any atom is -0.494 e. The van der Waals surface area contributed by atoms with E-state index >= 15 is 4.39 Å². The number of ether oxygens (including phenoxy) is 3. The van der Waals surface area contributed by atoms with E-state index in [9.17, 15) is 14.0 Å². The van der Waals surface area contributed by atoms with Gasteiger partial charge in [-0.3, -0.25) is 0 Å². The van der Waals surface area contributed by atoms with Gasteiger partial charge in [0.1, 0.15) is 23.1 Å². The van der Waals surface area contributed by atoms with Crippen molar-refractivity contribution in [1.29, 1.82) is 0 Å². The van der Waals surface area contributed by atoms with Crippen LogP contribution in [-0.2, 0) is 4.74 Å². The second-order valence-corrected chi connectivity index (χ2v) is 11.3. The highest BCUT2D eigenvalue weighted by Crippen LogP contribution is 2.27. The second-order valence-electron chi connectivity index (χ2n) is 11.3. The van der Waals surface area contributed by atoms with Crippen molar-refractivity contribution in [2.24, 2.45) is 0 Å². The third kappa shape index (κ3) is 11.4. The number of hydrogen-bond donors (Lipinski definition) is 0. The Kier molecular flexibility index (Phi) is 14.9. The van der Waals surface area contributed by atoms with Crippen LogP contribution in [0.3, 0.4) is 0 Å². The van der Waals surface area contributed by atoms with Crippen molar-refractivity contribution >= 4 is 11.9 Å². The van der Waals surface area contributed by atoms with Crippen LogP contribution in [0.4, 0.5) is 8.78 Å². The van der Waals surface area contributed by atoms with Gasteiger partial charge in [0.15, 0.2) is 0 Å². The summed E-state index contributed by atoms with van der Waals surface area (Å²) in [6.45, 7) is 6.76. The summed E-state index contributed by atoms with van der Waals surface area (Å²) >= 11 is 0. The maximum Gasteiger partial charge on any atom is 0.343 e. The first-order valence-electron chi connectivity index (χ1n) is 16.1. The van der Waals surface area contributed by atoms with E-state index in [0.29, 0.717) is 24.2 Å². The third-order valence-electron chi connectivity index (χ3n) is 7.53. The Morgan fingerprint density at radius 3 is 1.98 bits per heavy atom. The molecule has 0 bridgehead atoms. The molecular weight excluding hydrogens is 562 g/mol. The number of unbranched alkanes of at least 4 members (excludes halogenated alkanes) is 9. The lowest BCUT2D eigenvalue weighted by atomic mass is 10.0. The van der Waals surface area contributed by atoms with Crippen molar-refractivity contribution in [2.75, 3.05) is 6.61 Å². The third-order valence-corrected chi connectivity index (χ3v) is 7.53. The van der Waals surface area contributed by atoms with Crippen LogP contribution in [0.15, 0.2) is 60.7 Å². The molecule has 44 heavy (non-hydrogen) atoms. The summed E-state index contributed by atoms with van der Waals surface area (Å²) < 4.78 is 46.1. The topological polar surface area (TPSA) is 61.8 Å². The highest BCUT2D eigenvalue weighted by molar-refractivity contribution is 5.92. The van der Waals surface area contributed by atoms with E-state index in [4.69, 9.17) is 14.2 Å². The summed E-state index contributed by atoms with van der Waals surface area (Å²) in [4.78, 5) is 25.1. The number of carbonyl (C=O) groups is 2. The van der Waals surface area contributed by atoms with Gasteiger partial charge in [-0.05, 0) is 68.1 Å². The fourth-order valence-corrected chi connectivity index (χ4v) is 4.91. The molecule has 0 amide bonds. The summed E-state index contributed by atoms with van der Waals surface area (Å²) in [6.07, 6.45) is 13.1. The lowest BCUT2D eigenvalue weighted by molar-refractivity contribution is 0.0314. The fraction of sp³-hybridized carbons (Fsp3) is 0.459. The maximum absolute atomic E-state index is 15.0. The van der Waals surface area contributed by atoms with Gasteiger partial charge < -0.3 is 14.2 Å². The van der Waals surface area contributed by atoms with E-state index in [-0.39, 0.29) is 23.0 Å². The molecule has 0 radical (unpaired) electrons. The van der Waals surface area contributed by atoms with Crippen LogP contribution < -0.4 is 9.47 Å². The number of rotatable bonds is 19. The summed E-state index contributed by atoms with van der Waals surface area (Å²) in [5.41, 5.74) is 0.704. The van der Waals surface area contributed by atoms with Crippen molar-refractivity contribution in [3.63, 3.8) is 0 Å². The van der Waals surface area contributed by atoms with E-state index in [0.717, 1.165) is 56.4 Å². The first-order chi connectivity index (χ1) is 21.3. The quantitative estimate of drug-likeness (QED) is 0.0770. The fourth-order valence-electron chi connectivity index (χ4n) is 4.91. The largest absolute Gasteiger partial charge is 0.494 e. The number of esters is 2. The van der Waals surface area contributed by atoms with Gasteiger partial charge in [0, 0.05) is 11.6 Å². The van der Waals surface area contributed by atoms with E-state index in [1.165, 1.54) is 56.4 Å². The lowest BCUT2D eigenvalue weighted by Gasteiger charge is -2.14. The lowest BCUT2D eigenvalue weighted by Crippen LogP contribution is -2.16. The number of benzene rings is 3. The first kappa shape index (κ1) is 34.7. The summed E-state index contributed by atoms with van der Waals surface area (Å²) in [7, 11) is 0. The maximum atomic E-state index is 15.0. The minimum absolute atomic E-state index is 0.0262. The normalized spacial score (nSPS) is 11.7. The Bertz CT molecular complexity index is 1320. The second kappa shape index (κ2) is 18.8. The molecule has 1 atom stereocenters. The monoisotopic (exact) mass is 608 g/mol. The molecular formula is C37H46F2O5. The van der Waals surface area contributed by atoms with Gasteiger partial charge in [-0.1, -0.05) is 89.8 Å². The van der Waals surface area contributed by atoms with Crippen molar-refractivity contribution in [3.05, 3.63) is 83.4 Å². The molecule has 238 valence electrons. The molecule has 0 saturated carbocycles. The van der Waals surface area contributed by atoms with Crippen molar-refractivity contribution in [2.45, 2.75) is 104 Å². The van der Waals surface area contributed by atoms with E-state index < -0.39 is 23.6 Å². The van der Waals surface area contributed by atoms with Crippen molar-refractivity contribution in [3.8, 4) is 22.6 Å². The molecule has 7 heteroatoms. The zero-order chi connectivity index (χ0) is 31.7. The molecule has 0 aliphatic heterocycles. The number of hydrogen-bond acceptors (Lipinski definition) is 5. The molecule has 0 spiro atoms. The molecule has 0 saturated heterocycles. The molecule has 0 heterocycles. The molecule has 1 unspecified atom stereocenters. The molecule has 0 N–H and O–H groups in total. The number of halogens is 2. The van der Waals surface area contributed by atoms with Crippen LogP contribution in [-0.4, -0.2) is 24.6 Å². The van der Waals surface area contributed by atoms with Crippen LogP contribution in [0.2, 0.25) is 0 Å². The van der Waals surface area contributed by atoms with Crippen LogP contribution in [0.25, 0.3) is 11.1 Å². The first-order valence-corrected chi connectivity index (χ1v) is 16.1. The SMILES string of the molecule is CCCCCCCCCOc1ccc(-c2ccc(C(=O)Oc3ccc(C(=O)OC(C)CCCCCC)c(F)c3)cc2F)cc1. The highest BCUT2D eigenvalue weighted by Gasteiger charge is 2.19. The standard InChI is InChI=1S/C37H46F2O5/c1-4-6-8-10-11-12-14-24-42-30-19-16-28(17-20-30)32-22-18-29(25-34(32)38)36(40)44-31-21-23-33(35(39)26-31)37(41)43-27(3)15-13-9-7-5-2/h16-23,25-27H,4-15,24H2,1-3H3. The summed E-state index contributed by atoms with van der Waals surface area (Å²) in [5, 5.41) is 0. The van der Waals surface area contributed by atoms with Gasteiger partial charge in [-0.2, -0.15) is 0 Å². The Morgan fingerprint density at radius 1 is 0.682 bits per heavy atom. The summed E-state index contributed by atoms with van der Waals surface area (Å²) in [5.74, 6) is -2.45. The van der Waals surface area contributed by atoms with Gasteiger partial charge >= 0.3 is 11.9 Å².